The standard InChI is InChI=1S/C11H15NO.2H2O/c1-8-10-5-3-2-4-9(10)6-7-12-11(8)13;;/h3,5,8H,2,4,6-7H2,1H3,(H,12,13);2*1H2. The van der Waals surface area contributed by atoms with Gasteiger partial charge in [0.1, 0.15) is 0 Å². The molecular weight excluding hydrogens is 194 g/mol. The lowest BCUT2D eigenvalue weighted by Gasteiger charge is -2.16. The summed E-state index contributed by atoms with van der Waals surface area (Å²) in [5.41, 5.74) is 2.74. The first-order chi connectivity index (χ1) is 6.29. The average molecular weight is 213 g/mol. The van der Waals surface area contributed by atoms with Crippen LogP contribution in [0.15, 0.2) is 23.3 Å². The van der Waals surface area contributed by atoms with Gasteiger partial charge in [0, 0.05) is 6.54 Å². The van der Waals surface area contributed by atoms with Crippen molar-refractivity contribution in [2.45, 2.75) is 26.2 Å². The van der Waals surface area contributed by atoms with Crippen LogP contribution >= 0.6 is 0 Å². The highest BCUT2D eigenvalue weighted by Gasteiger charge is 2.23. The van der Waals surface area contributed by atoms with Crippen LogP contribution in [0.3, 0.4) is 0 Å². The van der Waals surface area contributed by atoms with Crippen LogP contribution in [0.4, 0.5) is 0 Å². The molecule has 0 saturated carbocycles. The Morgan fingerprint density at radius 2 is 2.07 bits per heavy atom. The molecule has 15 heavy (non-hydrogen) atoms. The summed E-state index contributed by atoms with van der Waals surface area (Å²) in [5, 5.41) is 2.94. The van der Waals surface area contributed by atoms with Crippen molar-refractivity contribution >= 4 is 5.91 Å². The molecule has 1 aliphatic carbocycles. The Bertz CT molecular complexity index is 294. The predicted octanol–water partition coefficient (Wildman–Crippen LogP) is 0.140. The molecule has 0 aromatic heterocycles. The summed E-state index contributed by atoms with van der Waals surface area (Å²) in [7, 11) is 0. The van der Waals surface area contributed by atoms with E-state index in [-0.39, 0.29) is 22.8 Å². The van der Waals surface area contributed by atoms with Crippen molar-refractivity contribution in [3.63, 3.8) is 0 Å². The summed E-state index contributed by atoms with van der Waals surface area (Å²) in [6.45, 7) is 2.81. The SMILES string of the molecule is CC1C(=O)NCCC2=C1C=CCC2.O.O. The number of hydrogen-bond acceptors (Lipinski definition) is 1. The van der Waals surface area contributed by atoms with Crippen molar-refractivity contribution in [2.75, 3.05) is 6.54 Å². The van der Waals surface area contributed by atoms with Crippen molar-refractivity contribution < 1.29 is 15.7 Å². The fraction of sp³-hybridized carbons (Fsp3) is 0.545. The summed E-state index contributed by atoms with van der Waals surface area (Å²) in [6, 6.07) is 0. The van der Waals surface area contributed by atoms with Crippen LogP contribution in [-0.4, -0.2) is 23.4 Å². The van der Waals surface area contributed by atoms with Gasteiger partial charge >= 0.3 is 0 Å². The summed E-state index contributed by atoms with van der Waals surface area (Å²) < 4.78 is 0. The maximum absolute atomic E-state index is 11.5. The van der Waals surface area contributed by atoms with Gasteiger partial charge in [-0.2, -0.15) is 0 Å². The molecule has 0 aromatic rings. The van der Waals surface area contributed by atoms with E-state index in [2.05, 4.69) is 17.5 Å². The van der Waals surface area contributed by atoms with Crippen molar-refractivity contribution in [1.82, 2.24) is 5.32 Å². The van der Waals surface area contributed by atoms with Crippen LogP contribution in [0.5, 0.6) is 0 Å². The molecule has 1 heterocycles. The topological polar surface area (TPSA) is 92.1 Å². The van der Waals surface area contributed by atoms with Crippen molar-refractivity contribution in [3.05, 3.63) is 23.3 Å². The van der Waals surface area contributed by atoms with E-state index in [0.29, 0.717) is 0 Å². The molecule has 0 aromatic carbocycles. The van der Waals surface area contributed by atoms with Crippen molar-refractivity contribution in [2.24, 2.45) is 5.92 Å². The van der Waals surface area contributed by atoms with E-state index < -0.39 is 0 Å². The first-order valence-corrected chi connectivity index (χ1v) is 4.95. The number of amides is 1. The molecule has 1 unspecified atom stereocenters. The summed E-state index contributed by atoms with van der Waals surface area (Å²) in [4.78, 5) is 11.5. The number of allylic oxidation sites excluding steroid dienone is 2. The van der Waals surface area contributed by atoms with Gasteiger partial charge in [-0.15, -0.1) is 0 Å². The highest BCUT2D eigenvalue weighted by molar-refractivity contribution is 5.82. The smallest absolute Gasteiger partial charge is 0.227 e. The lowest BCUT2D eigenvalue weighted by molar-refractivity contribution is -0.123. The second kappa shape index (κ2) is 5.68. The largest absolute Gasteiger partial charge is 0.412 e. The zero-order valence-corrected chi connectivity index (χ0v) is 8.97. The fourth-order valence-electron chi connectivity index (χ4n) is 2.08. The highest BCUT2D eigenvalue weighted by atomic mass is 16.1. The van der Waals surface area contributed by atoms with Crippen LogP contribution in [0, 0.1) is 5.92 Å². The quantitative estimate of drug-likeness (QED) is 0.609. The van der Waals surface area contributed by atoms with E-state index in [1.807, 2.05) is 6.92 Å². The first-order valence-electron chi connectivity index (χ1n) is 4.95. The molecule has 1 amide bonds. The summed E-state index contributed by atoms with van der Waals surface area (Å²) in [6.07, 6.45) is 7.63. The van der Waals surface area contributed by atoms with E-state index in [1.54, 1.807) is 0 Å². The van der Waals surface area contributed by atoms with E-state index in [4.69, 9.17) is 0 Å². The van der Waals surface area contributed by atoms with Crippen molar-refractivity contribution in [3.8, 4) is 0 Å². The van der Waals surface area contributed by atoms with Crippen LogP contribution in [0.1, 0.15) is 26.2 Å². The molecule has 86 valence electrons. The Labute approximate surface area is 89.7 Å². The molecule has 2 aliphatic rings. The van der Waals surface area contributed by atoms with E-state index in [9.17, 15) is 4.79 Å². The molecule has 0 fully saturated rings. The molecule has 0 spiro atoms. The third-order valence-corrected chi connectivity index (χ3v) is 2.90. The van der Waals surface area contributed by atoms with Gasteiger partial charge in [-0.05, 0) is 31.8 Å². The van der Waals surface area contributed by atoms with Gasteiger partial charge < -0.3 is 16.3 Å². The summed E-state index contributed by atoms with van der Waals surface area (Å²) >= 11 is 0. The number of rotatable bonds is 0. The molecule has 1 atom stereocenters. The minimum Gasteiger partial charge on any atom is -0.412 e. The van der Waals surface area contributed by atoms with Gasteiger partial charge in [-0.25, -0.2) is 0 Å². The normalized spacial score (nSPS) is 24.3. The van der Waals surface area contributed by atoms with E-state index in [0.717, 1.165) is 25.8 Å². The lowest BCUT2D eigenvalue weighted by atomic mass is 9.88. The second-order valence-corrected chi connectivity index (χ2v) is 3.76. The van der Waals surface area contributed by atoms with Crippen molar-refractivity contribution in [1.29, 1.82) is 0 Å². The molecule has 0 radical (unpaired) electrons. The van der Waals surface area contributed by atoms with Gasteiger partial charge in [-0.1, -0.05) is 17.7 Å². The molecular formula is C11H19NO3. The molecule has 2 rings (SSSR count). The van der Waals surface area contributed by atoms with Crippen LogP contribution < -0.4 is 5.32 Å². The number of hydrogen-bond donors (Lipinski definition) is 1. The molecule has 5 N–H and O–H groups in total. The third-order valence-electron chi connectivity index (χ3n) is 2.90. The van der Waals surface area contributed by atoms with Gasteiger partial charge in [0.2, 0.25) is 5.91 Å². The van der Waals surface area contributed by atoms with Gasteiger partial charge in [0.25, 0.3) is 0 Å². The zero-order chi connectivity index (χ0) is 9.26. The molecule has 0 saturated heterocycles. The first kappa shape index (κ1) is 13.9. The molecule has 0 bridgehead atoms. The third kappa shape index (κ3) is 2.67. The maximum Gasteiger partial charge on any atom is 0.227 e. The van der Waals surface area contributed by atoms with Crippen LogP contribution in [0.25, 0.3) is 0 Å². The fourth-order valence-corrected chi connectivity index (χ4v) is 2.08. The molecule has 4 nitrogen and oxygen atoms in total. The Kier molecular flexibility index (Phi) is 5.25. The summed E-state index contributed by atoms with van der Waals surface area (Å²) in [5.74, 6) is 0.227. The minimum absolute atomic E-state index is 0. The minimum atomic E-state index is 0. The number of carbonyl (C=O) groups excluding carboxylic acids is 1. The monoisotopic (exact) mass is 213 g/mol. The Hall–Kier alpha value is -1.13. The average Bonchev–Trinajstić information content (AvgIpc) is 2.29. The predicted molar refractivity (Wildman–Crippen MR) is 59.4 cm³/mol. The van der Waals surface area contributed by atoms with E-state index >= 15 is 0 Å². The maximum atomic E-state index is 11.5. The Balaban J connectivity index is 0.000000980. The zero-order valence-electron chi connectivity index (χ0n) is 8.97. The molecule has 1 aliphatic heterocycles. The second-order valence-electron chi connectivity index (χ2n) is 3.76. The van der Waals surface area contributed by atoms with Gasteiger partial charge in [-0.3, -0.25) is 4.79 Å². The van der Waals surface area contributed by atoms with Gasteiger partial charge in [0.15, 0.2) is 0 Å². The number of nitrogens with one attached hydrogen (secondary N) is 1. The Morgan fingerprint density at radius 3 is 2.80 bits per heavy atom. The van der Waals surface area contributed by atoms with Gasteiger partial charge in [0.05, 0.1) is 5.92 Å². The number of carbonyl (C=O) groups is 1. The Morgan fingerprint density at radius 1 is 1.33 bits per heavy atom. The van der Waals surface area contributed by atoms with Crippen LogP contribution in [-0.2, 0) is 4.79 Å². The lowest BCUT2D eigenvalue weighted by Crippen LogP contribution is -2.28. The van der Waals surface area contributed by atoms with E-state index in [1.165, 1.54) is 11.1 Å². The molecule has 4 heteroatoms. The highest BCUT2D eigenvalue weighted by Crippen LogP contribution is 2.28. The van der Waals surface area contributed by atoms with Crippen LogP contribution in [0.2, 0.25) is 0 Å².